The summed E-state index contributed by atoms with van der Waals surface area (Å²) in [5.74, 6) is -0.502. The Kier molecular flexibility index (Phi) is 2.60. The minimum atomic E-state index is -0.502. The lowest BCUT2D eigenvalue weighted by Crippen LogP contribution is -2.04. The zero-order valence-electron chi connectivity index (χ0n) is 6.67. The van der Waals surface area contributed by atoms with Crippen LogP contribution in [0, 0.1) is 6.92 Å². The van der Waals surface area contributed by atoms with Crippen molar-refractivity contribution in [3.05, 3.63) is 22.5 Å². The molecule has 0 bridgehead atoms. The van der Waals surface area contributed by atoms with Crippen molar-refractivity contribution in [1.82, 2.24) is 10.2 Å². The number of aryl methyl sites for hydroxylation is 1. The minimum Gasteiger partial charge on any atom is -0.465 e. The summed E-state index contributed by atoms with van der Waals surface area (Å²) in [4.78, 5) is 11.0. The molecule has 4 nitrogen and oxygen atoms in total. The Morgan fingerprint density at radius 1 is 1.58 bits per heavy atom. The highest BCUT2D eigenvalue weighted by atomic mass is 35.5. The Labute approximate surface area is 74.5 Å². The van der Waals surface area contributed by atoms with Crippen molar-refractivity contribution in [3.8, 4) is 0 Å². The van der Waals surface area contributed by atoms with Crippen molar-refractivity contribution in [2.45, 2.75) is 6.92 Å². The van der Waals surface area contributed by atoms with Crippen LogP contribution < -0.4 is 0 Å². The van der Waals surface area contributed by atoms with Crippen LogP contribution in [0.1, 0.15) is 16.1 Å². The number of carbonyl (C=O) groups is 1. The summed E-state index contributed by atoms with van der Waals surface area (Å²) >= 11 is 5.60. The predicted molar refractivity (Wildman–Crippen MR) is 43.1 cm³/mol. The third kappa shape index (κ3) is 1.71. The van der Waals surface area contributed by atoms with Crippen LogP contribution >= 0.6 is 11.6 Å². The molecular weight excluding hydrogens is 180 g/mol. The highest BCUT2D eigenvalue weighted by Gasteiger charge is 2.11. The van der Waals surface area contributed by atoms with Crippen LogP contribution in [0.25, 0.3) is 0 Å². The number of rotatable bonds is 1. The van der Waals surface area contributed by atoms with E-state index in [9.17, 15) is 4.79 Å². The van der Waals surface area contributed by atoms with Gasteiger partial charge in [0.15, 0.2) is 5.15 Å². The molecule has 1 rings (SSSR count). The normalized spacial score (nSPS) is 9.58. The van der Waals surface area contributed by atoms with Gasteiger partial charge in [-0.3, -0.25) is 0 Å². The van der Waals surface area contributed by atoms with Gasteiger partial charge in [-0.2, -0.15) is 5.10 Å². The average molecular weight is 187 g/mol. The highest BCUT2D eigenvalue weighted by molar-refractivity contribution is 6.32. The molecule has 5 heteroatoms. The SMILES string of the molecule is COC(=O)c1cc(C)nnc1Cl. The van der Waals surface area contributed by atoms with Gasteiger partial charge in [0, 0.05) is 0 Å². The van der Waals surface area contributed by atoms with Gasteiger partial charge in [0.2, 0.25) is 0 Å². The monoisotopic (exact) mass is 186 g/mol. The van der Waals surface area contributed by atoms with Gasteiger partial charge in [-0.1, -0.05) is 11.6 Å². The lowest BCUT2D eigenvalue weighted by atomic mass is 10.3. The molecule has 1 aromatic rings. The van der Waals surface area contributed by atoms with E-state index in [0.717, 1.165) is 0 Å². The second kappa shape index (κ2) is 3.49. The molecular formula is C7H7ClN2O2. The minimum absolute atomic E-state index is 0.0625. The summed E-state index contributed by atoms with van der Waals surface area (Å²) in [6, 6.07) is 1.53. The number of nitrogens with zero attached hydrogens (tertiary/aromatic N) is 2. The topological polar surface area (TPSA) is 52.1 Å². The molecule has 0 aliphatic carbocycles. The zero-order valence-corrected chi connectivity index (χ0v) is 7.42. The molecule has 0 aromatic carbocycles. The predicted octanol–water partition coefficient (Wildman–Crippen LogP) is 1.23. The first-order chi connectivity index (χ1) is 5.65. The smallest absolute Gasteiger partial charge is 0.341 e. The number of hydrogen-bond donors (Lipinski definition) is 0. The van der Waals surface area contributed by atoms with Crippen LogP contribution in [0.5, 0.6) is 0 Å². The first-order valence-electron chi connectivity index (χ1n) is 3.23. The summed E-state index contributed by atoms with van der Waals surface area (Å²) in [6.07, 6.45) is 0. The van der Waals surface area contributed by atoms with Crippen LogP contribution in [0.2, 0.25) is 5.15 Å². The molecule has 0 saturated heterocycles. The van der Waals surface area contributed by atoms with Gasteiger partial charge in [0.25, 0.3) is 0 Å². The molecule has 1 aromatic heterocycles. The van der Waals surface area contributed by atoms with E-state index in [1.165, 1.54) is 13.2 Å². The van der Waals surface area contributed by atoms with Crippen molar-refractivity contribution < 1.29 is 9.53 Å². The first kappa shape index (κ1) is 8.93. The number of aromatic nitrogens is 2. The summed E-state index contributed by atoms with van der Waals surface area (Å²) in [6.45, 7) is 1.72. The third-order valence-electron chi connectivity index (χ3n) is 1.28. The van der Waals surface area contributed by atoms with Gasteiger partial charge in [0.1, 0.15) is 5.56 Å². The largest absolute Gasteiger partial charge is 0.465 e. The lowest BCUT2D eigenvalue weighted by Gasteiger charge is -2.00. The van der Waals surface area contributed by atoms with E-state index >= 15 is 0 Å². The fraction of sp³-hybridized carbons (Fsp3) is 0.286. The summed E-state index contributed by atoms with van der Waals surface area (Å²) in [5, 5.41) is 7.29. The Hall–Kier alpha value is -1.16. The molecule has 12 heavy (non-hydrogen) atoms. The third-order valence-corrected chi connectivity index (χ3v) is 1.56. The first-order valence-corrected chi connectivity index (χ1v) is 3.61. The van der Waals surface area contributed by atoms with E-state index < -0.39 is 5.97 Å². The van der Waals surface area contributed by atoms with Crippen molar-refractivity contribution in [2.75, 3.05) is 7.11 Å². The fourth-order valence-corrected chi connectivity index (χ4v) is 0.897. The summed E-state index contributed by atoms with van der Waals surface area (Å²) in [5.41, 5.74) is 0.867. The Balaban J connectivity index is 3.13. The van der Waals surface area contributed by atoms with Gasteiger partial charge >= 0.3 is 5.97 Å². The number of hydrogen-bond acceptors (Lipinski definition) is 4. The second-order valence-electron chi connectivity index (χ2n) is 2.18. The molecule has 0 aliphatic rings. The molecule has 1 heterocycles. The molecule has 0 saturated carbocycles. The van der Waals surface area contributed by atoms with Crippen LogP contribution in [-0.2, 0) is 4.74 Å². The van der Waals surface area contributed by atoms with Crippen molar-refractivity contribution in [2.24, 2.45) is 0 Å². The van der Waals surface area contributed by atoms with Gasteiger partial charge in [-0.15, -0.1) is 5.10 Å². The quantitative estimate of drug-likeness (QED) is 0.619. The van der Waals surface area contributed by atoms with E-state index in [1.54, 1.807) is 6.92 Å². The van der Waals surface area contributed by atoms with Crippen LogP contribution in [0.4, 0.5) is 0 Å². The van der Waals surface area contributed by atoms with Gasteiger partial charge < -0.3 is 4.74 Å². The molecule has 0 amide bonds. The molecule has 0 aliphatic heterocycles. The summed E-state index contributed by atoms with van der Waals surface area (Å²) in [7, 11) is 1.29. The standard InChI is InChI=1S/C7H7ClN2O2/c1-4-3-5(7(11)12-2)6(8)10-9-4/h3H,1-2H3. The van der Waals surface area contributed by atoms with Gasteiger partial charge in [-0.25, -0.2) is 4.79 Å². The molecule has 0 atom stereocenters. The Morgan fingerprint density at radius 3 is 2.83 bits per heavy atom. The molecule has 0 spiro atoms. The number of esters is 1. The maximum atomic E-state index is 11.0. The molecule has 0 N–H and O–H groups in total. The van der Waals surface area contributed by atoms with Gasteiger partial charge in [-0.05, 0) is 13.0 Å². The molecule has 64 valence electrons. The second-order valence-corrected chi connectivity index (χ2v) is 2.54. The number of ether oxygens (including phenoxy) is 1. The zero-order chi connectivity index (χ0) is 9.14. The van der Waals surface area contributed by atoms with Crippen LogP contribution in [0.3, 0.4) is 0 Å². The van der Waals surface area contributed by atoms with E-state index in [2.05, 4.69) is 14.9 Å². The number of carbonyl (C=O) groups excluding carboxylic acids is 1. The molecule has 0 unspecified atom stereocenters. The maximum Gasteiger partial charge on any atom is 0.341 e. The summed E-state index contributed by atoms with van der Waals surface area (Å²) < 4.78 is 4.48. The van der Waals surface area contributed by atoms with E-state index in [4.69, 9.17) is 11.6 Å². The molecule has 0 radical (unpaired) electrons. The van der Waals surface area contributed by atoms with E-state index in [1.807, 2.05) is 0 Å². The number of methoxy groups -OCH3 is 1. The van der Waals surface area contributed by atoms with Crippen molar-refractivity contribution in [3.63, 3.8) is 0 Å². The average Bonchev–Trinajstić information content (AvgIpc) is 2.08. The maximum absolute atomic E-state index is 11.0. The van der Waals surface area contributed by atoms with E-state index in [-0.39, 0.29) is 10.7 Å². The fourth-order valence-electron chi connectivity index (χ4n) is 0.727. The van der Waals surface area contributed by atoms with Crippen LogP contribution in [-0.4, -0.2) is 23.3 Å². The van der Waals surface area contributed by atoms with Crippen molar-refractivity contribution >= 4 is 17.6 Å². The van der Waals surface area contributed by atoms with Crippen LogP contribution in [0.15, 0.2) is 6.07 Å². The lowest BCUT2D eigenvalue weighted by molar-refractivity contribution is 0.0600. The van der Waals surface area contributed by atoms with E-state index in [0.29, 0.717) is 5.69 Å². The Bertz CT molecular complexity index is 314. The van der Waals surface area contributed by atoms with Gasteiger partial charge in [0.05, 0.1) is 12.8 Å². The van der Waals surface area contributed by atoms with Crippen molar-refractivity contribution in [1.29, 1.82) is 0 Å². The Morgan fingerprint density at radius 2 is 2.25 bits per heavy atom. The molecule has 0 fully saturated rings. The highest BCUT2D eigenvalue weighted by Crippen LogP contribution is 2.12. The number of halogens is 1.